The van der Waals surface area contributed by atoms with Crippen molar-refractivity contribution in [2.75, 3.05) is 46.4 Å². The van der Waals surface area contributed by atoms with E-state index in [-0.39, 0.29) is 29.7 Å². The maximum Gasteiger partial charge on any atom is 0.220 e. The van der Waals surface area contributed by atoms with Gasteiger partial charge in [0, 0.05) is 45.8 Å². The molecule has 0 atom stereocenters. The van der Waals surface area contributed by atoms with E-state index in [1.807, 2.05) is 0 Å². The van der Waals surface area contributed by atoms with Crippen LogP contribution in [0, 0.1) is 0 Å². The fourth-order valence-electron chi connectivity index (χ4n) is 3.90. The molecule has 0 amide bonds. The van der Waals surface area contributed by atoms with Crippen LogP contribution < -0.4 is 5.32 Å². The van der Waals surface area contributed by atoms with Crippen LogP contribution in [0.5, 0.6) is 0 Å². The number of aromatic nitrogens is 1. The minimum Gasteiger partial charge on any atom is -0.376 e. The lowest BCUT2D eigenvalue weighted by Crippen LogP contribution is -2.54. The van der Waals surface area contributed by atoms with Gasteiger partial charge in [0.15, 0.2) is 5.96 Å². The Balaban J connectivity index is 0.00000320. The number of hydrogen-bond donors (Lipinski definition) is 1. The molecule has 30 heavy (non-hydrogen) atoms. The van der Waals surface area contributed by atoms with Crippen molar-refractivity contribution in [2.45, 2.75) is 50.4 Å². The highest BCUT2D eigenvalue weighted by Crippen LogP contribution is 2.19. The lowest BCUT2D eigenvalue weighted by atomic mass is 10.1. The van der Waals surface area contributed by atoms with E-state index < -0.39 is 10.0 Å². The molecule has 172 valence electrons. The van der Waals surface area contributed by atoms with Crippen LogP contribution in [0.1, 0.15) is 44.2 Å². The molecule has 2 aliphatic rings. The van der Waals surface area contributed by atoms with Gasteiger partial charge in [0.25, 0.3) is 0 Å². The summed E-state index contributed by atoms with van der Waals surface area (Å²) in [7, 11) is -1.64. The van der Waals surface area contributed by atoms with E-state index in [1.165, 1.54) is 49.1 Å². The molecule has 1 saturated heterocycles. The van der Waals surface area contributed by atoms with Crippen molar-refractivity contribution in [3.8, 4) is 0 Å². The van der Waals surface area contributed by atoms with Gasteiger partial charge in [-0.15, -0.1) is 24.0 Å². The highest BCUT2D eigenvalue weighted by atomic mass is 127. The highest BCUT2D eigenvalue weighted by molar-refractivity contribution is 14.0. The van der Waals surface area contributed by atoms with E-state index in [9.17, 15) is 8.42 Å². The van der Waals surface area contributed by atoms with E-state index in [0.717, 1.165) is 5.96 Å². The second-order valence-electron chi connectivity index (χ2n) is 7.59. The van der Waals surface area contributed by atoms with Gasteiger partial charge >= 0.3 is 0 Å². The average Bonchev–Trinajstić information content (AvgIpc) is 3.08. The number of nitrogens with one attached hydrogen (secondary N) is 1. The topological polar surface area (TPSA) is 100 Å². The van der Waals surface area contributed by atoms with E-state index in [4.69, 9.17) is 9.26 Å². The number of ether oxygens (including phenoxy) is 1. The molecule has 1 aliphatic carbocycles. The molecule has 0 bridgehead atoms. The van der Waals surface area contributed by atoms with Crippen LogP contribution in [0.25, 0.3) is 0 Å². The Labute approximate surface area is 196 Å². The summed E-state index contributed by atoms with van der Waals surface area (Å²) in [5, 5.41) is 7.05. The number of piperazine rings is 1. The van der Waals surface area contributed by atoms with Gasteiger partial charge in [0.05, 0.1) is 18.4 Å². The Morgan fingerprint density at radius 3 is 2.53 bits per heavy atom. The Morgan fingerprint density at radius 1 is 1.23 bits per heavy atom. The standard InChI is InChI=1S/C19H33N5O4S.HI/c1-20-19(21-9-15-27-18-6-4-2-3-5-7-18)23-10-12-24(13-11-23)29(25,26)16-17-8-14-28-22-17;/h8,14,18H,2-7,9-13,15-16H2,1H3,(H,20,21);1H. The number of hydrogen-bond acceptors (Lipinski definition) is 6. The molecule has 1 N–H and O–H groups in total. The van der Waals surface area contributed by atoms with Crippen molar-refractivity contribution in [2.24, 2.45) is 4.99 Å². The number of halogens is 1. The predicted octanol–water partition coefficient (Wildman–Crippen LogP) is 2.05. The molecule has 0 radical (unpaired) electrons. The quantitative estimate of drug-likeness (QED) is 0.181. The third kappa shape index (κ3) is 7.65. The normalized spacial score (nSPS) is 19.9. The predicted molar refractivity (Wildman–Crippen MR) is 126 cm³/mol. The fraction of sp³-hybridized carbons (Fsp3) is 0.789. The van der Waals surface area contributed by atoms with Gasteiger partial charge in [0.2, 0.25) is 10.0 Å². The fourth-order valence-corrected chi connectivity index (χ4v) is 5.32. The van der Waals surface area contributed by atoms with E-state index in [0.29, 0.717) is 51.1 Å². The van der Waals surface area contributed by atoms with Crippen LogP contribution in [0.15, 0.2) is 21.8 Å². The van der Waals surface area contributed by atoms with Crippen molar-refractivity contribution in [1.82, 2.24) is 19.7 Å². The summed E-state index contributed by atoms with van der Waals surface area (Å²) in [5.74, 6) is 0.664. The lowest BCUT2D eigenvalue weighted by molar-refractivity contribution is 0.0465. The summed E-state index contributed by atoms with van der Waals surface area (Å²) < 4.78 is 37.4. The molecule has 1 aromatic heterocycles. The molecule has 0 aromatic carbocycles. The average molecular weight is 555 g/mol. The second kappa shape index (κ2) is 12.8. The highest BCUT2D eigenvalue weighted by Gasteiger charge is 2.29. The third-order valence-electron chi connectivity index (χ3n) is 5.51. The molecular weight excluding hydrogens is 521 g/mol. The summed E-state index contributed by atoms with van der Waals surface area (Å²) in [5.41, 5.74) is 0.429. The summed E-state index contributed by atoms with van der Waals surface area (Å²) >= 11 is 0. The zero-order valence-electron chi connectivity index (χ0n) is 17.7. The monoisotopic (exact) mass is 555 g/mol. The number of sulfonamides is 1. The van der Waals surface area contributed by atoms with Crippen molar-refractivity contribution in [3.63, 3.8) is 0 Å². The van der Waals surface area contributed by atoms with E-state index >= 15 is 0 Å². The van der Waals surface area contributed by atoms with Gasteiger partial charge in [-0.1, -0.05) is 30.8 Å². The van der Waals surface area contributed by atoms with Gasteiger partial charge in [-0.2, -0.15) is 4.31 Å². The lowest BCUT2D eigenvalue weighted by Gasteiger charge is -2.35. The first-order valence-corrected chi connectivity index (χ1v) is 12.1. The van der Waals surface area contributed by atoms with Crippen LogP contribution in [0.2, 0.25) is 0 Å². The molecule has 0 spiro atoms. The maximum atomic E-state index is 12.5. The van der Waals surface area contributed by atoms with E-state index in [2.05, 4.69) is 20.4 Å². The molecule has 1 aliphatic heterocycles. The number of guanidine groups is 1. The van der Waals surface area contributed by atoms with Crippen LogP contribution in [0.3, 0.4) is 0 Å². The second-order valence-corrected chi connectivity index (χ2v) is 9.56. The van der Waals surface area contributed by atoms with E-state index in [1.54, 1.807) is 13.1 Å². The first-order chi connectivity index (χ1) is 14.1. The summed E-state index contributed by atoms with van der Waals surface area (Å²) in [6.07, 6.45) is 9.29. The number of rotatable bonds is 7. The molecule has 2 fully saturated rings. The molecule has 0 unspecified atom stereocenters. The van der Waals surface area contributed by atoms with Gasteiger partial charge < -0.3 is 19.5 Å². The molecule has 3 rings (SSSR count). The molecular formula is C19H34IN5O4S. The maximum absolute atomic E-state index is 12.5. The Bertz CT molecular complexity index is 728. The summed E-state index contributed by atoms with van der Waals surface area (Å²) in [6.45, 7) is 3.42. The van der Waals surface area contributed by atoms with Gasteiger partial charge in [-0.05, 0) is 12.8 Å². The Morgan fingerprint density at radius 2 is 1.93 bits per heavy atom. The van der Waals surface area contributed by atoms with Crippen LogP contribution in [-0.2, 0) is 20.5 Å². The summed E-state index contributed by atoms with van der Waals surface area (Å²) in [6, 6.07) is 1.58. The summed E-state index contributed by atoms with van der Waals surface area (Å²) in [4.78, 5) is 6.44. The molecule has 2 heterocycles. The number of nitrogens with zero attached hydrogens (tertiary/aromatic N) is 4. The molecule has 11 heteroatoms. The van der Waals surface area contributed by atoms with Crippen molar-refractivity contribution in [3.05, 3.63) is 18.0 Å². The van der Waals surface area contributed by atoms with Crippen LogP contribution in [0.4, 0.5) is 0 Å². The van der Waals surface area contributed by atoms with Crippen molar-refractivity contribution < 1.29 is 17.7 Å². The first kappa shape index (κ1) is 25.3. The molecule has 1 aromatic rings. The van der Waals surface area contributed by atoms with Gasteiger partial charge in [-0.3, -0.25) is 4.99 Å². The molecule has 9 nitrogen and oxygen atoms in total. The minimum absolute atomic E-state index is 0. The minimum atomic E-state index is -3.39. The van der Waals surface area contributed by atoms with Crippen LogP contribution in [-0.4, -0.2) is 81.2 Å². The van der Waals surface area contributed by atoms with Crippen molar-refractivity contribution in [1.29, 1.82) is 0 Å². The third-order valence-corrected chi connectivity index (χ3v) is 7.32. The smallest absolute Gasteiger partial charge is 0.220 e. The van der Waals surface area contributed by atoms with Crippen molar-refractivity contribution >= 4 is 40.0 Å². The van der Waals surface area contributed by atoms with Crippen LogP contribution >= 0.6 is 24.0 Å². The largest absolute Gasteiger partial charge is 0.376 e. The first-order valence-electron chi connectivity index (χ1n) is 10.5. The number of aliphatic imine (C=N–C) groups is 1. The molecule has 1 saturated carbocycles. The van der Waals surface area contributed by atoms with Gasteiger partial charge in [-0.25, -0.2) is 8.42 Å². The SMILES string of the molecule is CN=C(NCCOC1CCCCCC1)N1CCN(S(=O)(=O)Cc2ccon2)CC1.I. The van der Waals surface area contributed by atoms with Gasteiger partial charge in [0.1, 0.15) is 12.0 Å². The Kier molecular flexibility index (Phi) is 10.8. The zero-order chi connectivity index (χ0) is 20.5. The zero-order valence-corrected chi connectivity index (χ0v) is 20.8. The Hall–Kier alpha value is -0.920.